The van der Waals surface area contributed by atoms with E-state index in [0.717, 1.165) is 6.26 Å². The van der Waals surface area contributed by atoms with Crippen molar-refractivity contribution in [3.63, 3.8) is 0 Å². The summed E-state index contributed by atoms with van der Waals surface area (Å²) in [4.78, 5) is 11.5. The van der Waals surface area contributed by atoms with Crippen LogP contribution < -0.4 is 11.5 Å². The highest BCUT2D eigenvalue weighted by Gasteiger charge is 2.15. The molecular formula is C12H16N2O4S. The molecule has 1 aromatic heterocycles. The Hall–Kier alpha value is -1.60. The first-order valence-electron chi connectivity index (χ1n) is 5.88. The number of rotatable bonds is 4. The average molecular weight is 284 g/mol. The molecule has 1 heterocycles. The average Bonchev–Trinajstić information content (AvgIpc) is 2.60. The molecule has 1 aromatic carbocycles. The number of oxazole rings is 1. The topological polar surface area (TPSA) is 95.3 Å². The van der Waals surface area contributed by atoms with Gasteiger partial charge < -0.3 is 10.2 Å². The van der Waals surface area contributed by atoms with E-state index < -0.39 is 21.6 Å². The maximum Gasteiger partial charge on any atom is 0.419 e. The molecule has 0 saturated heterocycles. The molecule has 1 unspecified atom stereocenters. The number of fused-ring (bicyclic) bond motifs is 1. The van der Waals surface area contributed by atoms with Crippen molar-refractivity contribution in [3.8, 4) is 0 Å². The highest BCUT2D eigenvalue weighted by Crippen LogP contribution is 2.19. The summed E-state index contributed by atoms with van der Waals surface area (Å²) in [6.07, 6.45) is 1.14. The van der Waals surface area contributed by atoms with Crippen molar-refractivity contribution in [2.45, 2.75) is 19.5 Å². The zero-order valence-corrected chi connectivity index (χ0v) is 11.6. The third-order valence-electron chi connectivity index (χ3n) is 2.92. The third-order valence-corrected chi connectivity index (χ3v) is 3.88. The van der Waals surface area contributed by atoms with Gasteiger partial charge in [0.05, 0.1) is 11.3 Å². The molecule has 2 N–H and O–H groups in total. The fraction of sp³-hybridized carbons (Fsp3) is 0.417. The smallest absolute Gasteiger partial charge is 0.408 e. The number of aryl methyl sites for hydroxylation is 1. The van der Waals surface area contributed by atoms with E-state index in [1.54, 1.807) is 18.2 Å². The van der Waals surface area contributed by atoms with Gasteiger partial charge in [-0.1, -0.05) is 6.07 Å². The SMILES string of the molecule is CCn1c(=O)oc2cc(C(N)CS(C)(=O)=O)ccc21. The van der Waals surface area contributed by atoms with Gasteiger partial charge in [0.15, 0.2) is 5.58 Å². The standard InChI is InChI=1S/C12H16N2O4S/c1-3-14-10-5-4-8(6-11(10)18-12(14)15)9(13)7-19(2,16)17/h4-6,9H,3,7,13H2,1-2H3. The summed E-state index contributed by atoms with van der Waals surface area (Å²) in [7, 11) is -3.15. The normalized spacial score (nSPS) is 13.8. The van der Waals surface area contributed by atoms with Gasteiger partial charge in [0, 0.05) is 18.8 Å². The summed E-state index contributed by atoms with van der Waals surface area (Å²) >= 11 is 0. The number of nitrogens with zero attached hydrogens (tertiary/aromatic N) is 1. The first-order valence-corrected chi connectivity index (χ1v) is 7.94. The Bertz CT molecular complexity index is 758. The Balaban J connectivity index is 2.45. The van der Waals surface area contributed by atoms with Crippen molar-refractivity contribution in [1.29, 1.82) is 0 Å². The molecule has 0 amide bonds. The zero-order valence-electron chi connectivity index (χ0n) is 10.8. The van der Waals surface area contributed by atoms with Crippen LogP contribution in [0, 0.1) is 0 Å². The molecule has 2 aromatic rings. The Morgan fingerprint density at radius 2 is 2.11 bits per heavy atom. The summed E-state index contributed by atoms with van der Waals surface area (Å²) in [5.74, 6) is -0.566. The van der Waals surface area contributed by atoms with E-state index in [0.29, 0.717) is 23.2 Å². The molecule has 6 nitrogen and oxygen atoms in total. The molecular weight excluding hydrogens is 268 g/mol. The predicted octanol–water partition coefficient (Wildman–Crippen LogP) is 0.659. The predicted molar refractivity (Wildman–Crippen MR) is 72.8 cm³/mol. The van der Waals surface area contributed by atoms with Gasteiger partial charge in [0.25, 0.3) is 0 Å². The van der Waals surface area contributed by atoms with Crippen molar-refractivity contribution in [2.24, 2.45) is 5.73 Å². The van der Waals surface area contributed by atoms with Crippen LogP contribution in [-0.4, -0.2) is 25.0 Å². The monoisotopic (exact) mass is 284 g/mol. The van der Waals surface area contributed by atoms with Crippen LogP contribution in [0.15, 0.2) is 27.4 Å². The number of hydrogen-bond acceptors (Lipinski definition) is 5. The van der Waals surface area contributed by atoms with Crippen LogP contribution in [0.3, 0.4) is 0 Å². The van der Waals surface area contributed by atoms with Gasteiger partial charge in [-0.15, -0.1) is 0 Å². The molecule has 0 bridgehead atoms. The van der Waals surface area contributed by atoms with E-state index in [1.807, 2.05) is 6.92 Å². The number of nitrogens with two attached hydrogens (primary N) is 1. The van der Waals surface area contributed by atoms with Gasteiger partial charge in [-0.2, -0.15) is 0 Å². The van der Waals surface area contributed by atoms with E-state index >= 15 is 0 Å². The highest BCUT2D eigenvalue weighted by molar-refractivity contribution is 7.90. The van der Waals surface area contributed by atoms with Crippen molar-refractivity contribution < 1.29 is 12.8 Å². The second-order valence-corrected chi connectivity index (χ2v) is 6.72. The first-order chi connectivity index (χ1) is 8.81. The van der Waals surface area contributed by atoms with Crippen LogP contribution in [0.4, 0.5) is 0 Å². The molecule has 0 aliphatic carbocycles. The first kappa shape index (κ1) is 13.8. The highest BCUT2D eigenvalue weighted by atomic mass is 32.2. The summed E-state index contributed by atoms with van der Waals surface area (Å²) in [6, 6.07) is 4.44. The lowest BCUT2D eigenvalue weighted by Gasteiger charge is -2.10. The Morgan fingerprint density at radius 3 is 2.68 bits per heavy atom. The number of sulfone groups is 1. The second-order valence-electron chi connectivity index (χ2n) is 4.54. The van der Waals surface area contributed by atoms with Crippen molar-refractivity contribution >= 4 is 20.9 Å². The van der Waals surface area contributed by atoms with Crippen LogP contribution in [-0.2, 0) is 16.4 Å². The van der Waals surface area contributed by atoms with Crippen LogP contribution in [0.5, 0.6) is 0 Å². The molecule has 0 aliphatic heterocycles. The summed E-state index contributed by atoms with van der Waals surface area (Å²) < 4.78 is 29.1. The van der Waals surface area contributed by atoms with Gasteiger partial charge in [-0.3, -0.25) is 4.57 Å². The van der Waals surface area contributed by atoms with Crippen molar-refractivity contribution in [3.05, 3.63) is 34.3 Å². The third kappa shape index (κ3) is 2.87. The summed E-state index contributed by atoms with van der Waals surface area (Å²) in [5.41, 5.74) is 7.59. The summed E-state index contributed by atoms with van der Waals surface area (Å²) in [6.45, 7) is 2.36. The van der Waals surface area contributed by atoms with E-state index in [4.69, 9.17) is 10.2 Å². The van der Waals surface area contributed by atoms with E-state index in [1.165, 1.54) is 4.57 Å². The van der Waals surface area contributed by atoms with Crippen molar-refractivity contribution in [1.82, 2.24) is 4.57 Å². The number of hydrogen-bond donors (Lipinski definition) is 1. The fourth-order valence-electron chi connectivity index (χ4n) is 2.04. The van der Waals surface area contributed by atoms with Crippen molar-refractivity contribution in [2.75, 3.05) is 12.0 Å². The van der Waals surface area contributed by atoms with E-state index in [9.17, 15) is 13.2 Å². The van der Waals surface area contributed by atoms with Crippen LogP contribution >= 0.6 is 0 Å². The van der Waals surface area contributed by atoms with Gasteiger partial charge in [0.1, 0.15) is 9.84 Å². The summed E-state index contributed by atoms with van der Waals surface area (Å²) in [5, 5.41) is 0. The minimum Gasteiger partial charge on any atom is -0.408 e. The Kier molecular flexibility index (Phi) is 3.51. The molecule has 1 atom stereocenters. The van der Waals surface area contributed by atoms with Gasteiger partial charge in [-0.05, 0) is 24.6 Å². The number of aromatic nitrogens is 1. The Morgan fingerprint density at radius 1 is 1.42 bits per heavy atom. The van der Waals surface area contributed by atoms with E-state index in [2.05, 4.69) is 0 Å². The largest absolute Gasteiger partial charge is 0.419 e. The fourth-order valence-corrected chi connectivity index (χ4v) is 2.88. The van der Waals surface area contributed by atoms with E-state index in [-0.39, 0.29) is 5.75 Å². The molecule has 0 aliphatic rings. The molecule has 7 heteroatoms. The molecule has 0 radical (unpaired) electrons. The maximum atomic E-state index is 11.5. The van der Waals surface area contributed by atoms with Gasteiger partial charge in [0.2, 0.25) is 0 Å². The molecule has 0 saturated carbocycles. The lowest BCUT2D eigenvalue weighted by molar-refractivity contribution is 0.513. The molecule has 19 heavy (non-hydrogen) atoms. The molecule has 2 rings (SSSR count). The zero-order chi connectivity index (χ0) is 14.2. The quantitative estimate of drug-likeness (QED) is 0.889. The van der Waals surface area contributed by atoms with Crippen LogP contribution in [0.2, 0.25) is 0 Å². The minimum atomic E-state index is -3.15. The van der Waals surface area contributed by atoms with Gasteiger partial charge in [-0.25, -0.2) is 13.2 Å². The minimum absolute atomic E-state index is 0.142. The molecule has 0 spiro atoms. The second kappa shape index (κ2) is 4.82. The number of benzene rings is 1. The van der Waals surface area contributed by atoms with Crippen LogP contribution in [0.1, 0.15) is 18.5 Å². The Labute approximate surface area is 110 Å². The van der Waals surface area contributed by atoms with Gasteiger partial charge >= 0.3 is 5.76 Å². The lowest BCUT2D eigenvalue weighted by Crippen LogP contribution is -2.20. The molecule has 0 fully saturated rings. The molecule has 104 valence electrons. The maximum absolute atomic E-state index is 11.5. The van der Waals surface area contributed by atoms with Crippen LogP contribution in [0.25, 0.3) is 11.1 Å². The lowest BCUT2D eigenvalue weighted by atomic mass is 10.1.